The van der Waals surface area contributed by atoms with Gasteiger partial charge in [0.05, 0.1) is 14.2 Å². The SMILES string of the molecule is COc1ccc(C(=O)COC(=O)CNC(=O)c2cccc(OC)c2)cc1. The number of carbonyl (C=O) groups excluding carboxylic acids is 3. The lowest BCUT2D eigenvalue weighted by molar-refractivity contribution is -0.141. The number of hydrogen-bond donors (Lipinski definition) is 1. The van der Waals surface area contributed by atoms with Gasteiger partial charge in [-0.2, -0.15) is 0 Å². The lowest BCUT2D eigenvalue weighted by Gasteiger charge is -2.07. The zero-order valence-corrected chi connectivity index (χ0v) is 14.5. The molecule has 0 saturated heterocycles. The average molecular weight is 357 g/mol. The van der Waals surface area contributed by atoms with Crippen LogP contribution in [-0.4, -0.2) is 45.0 Å². The van der Waals surface area contributed by atoms with Crippen LogP contribution in [0.2, 0.25) is 0 Å². The molecule has 0 aromatic heterocycles. The summed E-state index contributed by atoms with van der Waals surface area (Å²) in [6.07, 6.45) is 0. The molecule has 26 heavy (non-hydrogen) atoms. The molecule has 7 nitrogen and oxygen atoms in total. The molecular weight excluding hydrogens is 338 g/mol. The highest BCUT2D eigenvalue weighted by atomic mass is 16.5. The third-order valence-corrected chi connectivity index (χ3v) is 3.50. The van der Waals surface area contributed by atoms with Crippen LogP contribution in [0.4, 0.5) is 0 Å². The van der Waals surface area contributed by atoms with Crippen LogP contribution in [0.15, 0.2) is 48.5 Å². The van der Waals surface area contributed by atoms with E-state index in [-0.39, 0.29) is 12.3 Å². The Balaban J connectivity index is 1.79. The number of nitrogens with one attached hydrogen (secondary N) is 1. The number of hydrogen-bond acceptors (Lipinski definition) is 6. The molecule has 7 heteroatoms. The zero-order valence-electron chi connectivity index (χ0n) is 14.5. The van der Waals surface area contributed by atoms with E-state index in [9.17, 15) is 14.4 Å². The average Bonchev–Trinajstić information content (AvgIpc) is 2.70. The molecule has 2 rings (SSSR count). The smallest absolute Gasteiger partial charge is 0.325 e. The van der Waals surface area contributed by atoms with Crippen molar-refractivity contribution in [3.8, 4) is 11.5 Å². The van der Waals surface area contributed by atoms with Crippen LogP contribution in [0.1, 0.15) is 20.7 Å². The van der Waals surface area contributed by atoms with Gasteiger partial charge in [-0.1, -0.05) is 6.07 Å². The van der Waals surface area contributed by atoms with Crippen LogP contribution < -0.4 is 14.8 Å². The Labute approximate surface area is 150 Å². The lowest BCUT2D eigenvalue weighted by atomic mass is 10.1. The van der Waals surface area contributed by atoms with Crippen molar-refractivity contribution in [2.24, 2.45) is 0 Å². The number of methoxy groups -OCH3 is 2. The van der Waals surface area contributed by atoms with Gasteiger partial charge in [0.15, 0.2) is 12.4 Å². The minimum absolute atomic E-state index is 0.341. The van der Waals surface area contributed by atoms with Crippen molar-refractivity contribution in [1.29, 1.82) is 0 Å². The van der Waals surface area contributed by atoms with Crippen LogP contribution >= 0.6 is 0 Å². The number of carbonyl (C=O) groups is 3. The Morgan fingerprint density at radius 3 is 2.23 bits per heavy atom. The number of amides is 1. The highest BCUT2D eigenvalue weighted by Gasteiger charge is 2.12. The van der Waals surface area contributed by atoms with Crippen LogP contribution in [0.3, 0.4) is 0 Å². The van der Waals surface area contributed by atoms with Gasteiger partial charge < -0.3 is 19.5 Å². The lowest BCUT2D eigenvalue weighted by Crippen LogP contribution is -2.31. The van der Waals surface area contributed by atoms with Crippen molar-refractivity contribution in [2.75, 3.05) is 27.4 Å². The molecule has 136 valence electrons. The monoisotopic (exact) mass is 357 g/mol. The minimum Gasteiger partial charge on any atom is -0.497 e. The number of ketones is 1. The molecule has 0 bridgehead atoms. The highest BCUT2D eigenvalue weighted by Crippen LogP contribution is 2.13. The summed E-state index contributed by atoms with van der Waals surface area (Å²) in [6, 6.07) is 13.0. The first-order valence-corrected chi connectivity index (χ1v) is 7.78. The first-order valence-electron chi connectivity index (χ1n) is 7.78. The second-order valence-electron chi connectivity index (χ2n) is 5.23. The van der Waals surface area contributed by atoms with Crippen molar-refractivity contribution >= 4 is 17.7 Å². The molecule has 0 spiro atoms. The van der Waals surface area contributed by atoms with Crippen LogP contribution in [0.5, 0.6) is 11.5 Å². The predicted octanol–water partition coefficient (Wildman–Crippen LogP) is 1.86. The summed E-state index contributed by atoms with van der Waals surface area (Å²) in [7, 11) is 3.02. The number of benzene rings is 2. The van der Waals surface area contributed by atoms with Crippen molar-refractivity contribution in [2.45, 2.75) is 0 Å². The van der Waals surface area contributed by atoms with E-state index in [1.165, 1.54) is 14.2 Å². The van der Waals surface area contributed by atoms with Crippen molar-refractivity contribution in [3.63, 3.8) is 0 Å². The van der Waals surface area contributed by atoms with Gasteiger partial charge in [0.1, 0.15) is 18.0 Å². The highest BCUT2D eigenvalue weighted by molar-refractivity contribution is 5.99. The summed E-state index contributed by atoms with van der Waals surface area (Å²) in [5, 5.41) is 2.43. The molecule has 1 N–H and O–H groups in total. The van der Waals surface area contributed by atoms with Crippen LogP contribution in [-0.2, 0) is 9.53 Å². The fraction of sp³-hybridized carbons (Fsp3) is 0.211. The summed E-state index contributed by atoms with van der Waals surface area (Å²) in [4.78, 5) is 35.6. The Morgan fingerprint density at radius 1 is 0.885 bits per heavy atom. The zero-order chi connectivity index (χ0) is 18.9. The Kier molecular flexibility index (Phi) is 6.73. The predicted molar refractivity (Wildman–Crippen MR) is 93.6 cm³/mol. The van der Waals surface area contributed by atoms with E-state index in [2.05, 4.69) is 5.32 Å². The molecule has 0 heterocycles. The van der Waals surface area contributed by atoms with Crippen molar-refractivity contribution in [3.05, 3.63) is 59.7 Å². The van der Waals surface area contributed by atoms with Gasteiger partial charge in [0.2, 0.25) is 0 Å². The largest absolute Gasteiger partial charge is 0.497 e. The van der Waals surface area contributed by atoms with Gasteiger partial charge in [-0.25, -0.2) is 0 Å². The number of Topliss-reactive ketones (excluding diaryl/α,β-unsaturated/α-hetero) is 1. The summed E-state index contributed by atoms with van der Waals surface area (Å²) >= 11 is 0. The second-order valence-corrected chi connectivity index (χ2v) is 5.23. The molecule has 2 aromatic carbocycles. The Morgan fingerprint density at radius 2 is 1.58 bits per heavy atom. The van der Waals surface area contributed by atoms with E-state index >= 15 is 0 Å². The molecule has 0 radical (unpaired) electrons. The van der Waals surface area contributed by atoms with Gasteiger partial charge >= 0.3 is 5.97 Å². The minimum atomic E-state index is -0.705. The molecule has 0 aliphatic carbocycles. The molecule has 0 fully saturated rings. The van der Waals surface area contributed by atoms with Crippen LogP contribution in [0.25, 0.3) is 0 Å². The van der Waals surface area contributed by atoms with Gasteiger partial charge in [-0.3, -0.25) is 14.4 Å². The topological polar surface area (TPSA) is 90.9 Å². The number of esters is 1. The van der Waals surface area contributed by atoms with Gasteiger partial charge in [0.25, 0.3) is 5.91 Å². The number of rotatable bonds is 8. The maximum atomic E-state index is 12.0. The standard InChI is InChI=1S/C19H19NO6/c1-24-15-8-6-13(7-9-15)17(21)12-26-18(22)11-20-19(23)14-4-3-5-16(10-14)25-2/h3-10H,11-12H2,1-2H3,(H,20,23). The van der Waals surface area contributed by atoms with E-state index in [4.69, 9.17) is 14.2 Å². The Bertz CT molecular complexity index is 785. The van der Waals surface area contributed by atoms with Crippen LogP contribution in [0, 0.1) is 0 Å². The third kappa shape index (κ3) is 5.34. The maximum absolute atomic E-state index is 12.0. The van der Waals surface area contributed by atoms with Gasteiger partial charge in [-0.05, 0) is 42.5 Å². The first kappa shape index (κ1) is 19.0. The molecule has 1 amide bonds. The van der Waals surface area contributed by atoms with Crippen molar-refractivity contribution < 1.29 is 28.6 Å². The summed E-state index contributed by atoms with van der Waals surface area (Å²) in [5.74, 6) is -0.338. The molecule has 2 aromatic rings. The first-order chi connectivity index (χ1) is 12.5. The molecule has 0 unspecified atom stereocenters. The van der Waals surface area contributed by atoms with E-state index in [0.29, 0.717) is 22.6 Å². The molecular formula is C19H19NO6. The molecule has 0 aliphatic heterocycles. The summed E-state index contributed by atoms with van der Waals surface area (Å²) in [5.41, 5.74) is 0.755. The fourth-order valence-corrected chi connectivity index (χ4v) is 2.08. The normalized spacial score (nSPS) is 9.92. The second kappa shape index (κ2) is 9.22. The summed E-state index contributed by atoms with van der Waals surface area (Å²) in [6.45, 7) is -0.744. The van der Waals surface area contributed by atoms with Gasteiger partial charge in [-0.15, -0.1) is 0 Å². The van der Waals surface area contributed by atoms with E-state index < -0.39 is 18.5 Å². The quantitative estimate of drug-likeness (QED) is 0.573. The summed E-state index contributed by atoms with van der Waals surface area (Å²) < 4.78 is 14.9. The van der Waals surface area contributed by atoms with E-state index in [1.807, 2.05) is 0 Å². The molecule has 0 saturated carbocycles. The maximum Gasteiger partial charge on any atom is 0.325 e. The molecule has 0 atom stereocenters. The third-order valence-electron chi connectivity index (χ3n) is 3.50. The molecule has 0 aliphatic rings. The van der Waals surface area contributed by atoms with E-state index in [1.54, 1.807) is 48.5 Å². The Hall–Kier alpha value is -3.35. The number of ether oxygens (including phenoxy) is 3. The van der Waals surface area contributed by atoms with Gasteiger partial charge in [0, 0.05) is 11.1 Å². The fourth-order valence-electron chi connectivity index (χ4n) is 2.08. The van der Waals surface area contributed by atoms with Crippen molar-refractivity contribution in [1.82, 2.24) is 5.32 Å². The van der Waals surface area contributed by atoms with E-state index in [0.717, 1.165) is 0 Å².